The van der Waals surface area contributed by atoms with E-state index in [-0.39, 0.29) is 17.9 Å². The number of hydrogen-bond acceptors (Lipinski definition) is 5. The Morgan fingerprint density at radius 1 is 0.939 bits per heavy atom. The van der Waals surface area contributed by atoms with Gasteiger partial charge in [0.15, 0.2) is 0 Å². The molecule has 0 heterocycles. The van der Waals surface area contributed by atoms with E-state index in [1.165, 1.54) is 24.3 Å². The Morgan fingerprint density at radius 3 is 2.18 bits per heavy atom. The third-order valence-corrected chi connectivity index (χ3v) is 6.70. The third kappa shape index (κ3) is 6.98. The van der Waals surface area contributed by atoms with Gasteiger partial charge in [-0.3, -0.25) is 4.79 Å². The van der Waals surface area contributed by atoms with Crippen LogP contribution in [0.25, 0.3) is 0 Å². The van der Waals surface area contributed by atoms with Crippen molar-refractivity contribution < 1.29 is 22.7 Å². The van der Waals surface area contributed by atoms with Gasteiger partial charge in [-0.25, -0.2) is 13.2 Å². The second kappa shape index (κ2) is 11.2. The highest BCUT2D eigenvalue weighted by molar-refractivity contribution is 9.10. The summed E-state index contributed by atoms with van der Waals surface area (Å²) < 4.78 is 34.1. The van der Waals surface area contributed by atoms with E-state index < -0.39 is 27.9 Å². The first-order chi connectivity index (χ1) is 15.8. The minimum Gasteiger partial charge on any atom is -0.462 e. The lowest BCUT2D eigenvalue weighted by Crippen LogP contribution is -2.45. The quantitative estimate of drug-likeness (QED) is 0.404. The Hall–Kier alpha value is -3.01. The second-order valence-electron chi connectivity index (χ2n) is 7.10. The van der Waals surface area contributed by atoms with Crippen LogP contribution in [0.3, 0.4) is 0 Å². The third-order valence-electron chi connectivity index (χ3n) is 4.68. The minimum atomic E-state index is -3.95. The van der Waals surface area contributed by atoms with Gasteiger partial charge >= 0.3 is 5.97 Å². The van der Waals surface area contributed by atoms with Crippen molar-refractivity contribution in [2.24, 2.45) is 0 Å². The molecule has 33 heavy (non-hydrogen) atoms. The molecule has 0 aliphatic heterocycles. The van der Waals surface area contributed by atoms with Gasteiger partial charge in [-0.05, 0) is 67.4 Å². The summed E-state index contributed by atoms with van der Waals surface area (Å²) in [6, 6.07) is 20.4. The highest BCUT2D eigenvalue weighted by atomic mass is 79.9. The first-order valence-corrected chi connectivity index (χ1v) is 12.5. The van der Waals surface area contributed by atoms with Crippen LogP contribution in [0, 0.1) is 0 Å². The van der Waals surface area contributed by atoms with Crippen molar-refractivity contribution in [3.05, 3.63) is 94.5 Å². The van der Waals surface area contributed by atoms with Gasteiger partial charge in [0, 0.05) is 10.2 Å². The first-order valence-electron chi connectivity index (χ1n) is 10.2. The predicted octanol–water partition coefficient (Wildman–Crippen LogP) is 4.15. The van der Waals surface area contributed by atoms with Gasteiger partial charge in [0.05, 0.1) is 17.1 Å². The maximum absolute atomic E-state index is 13.1. The minimum absolute atomic E-state index is 0.0513. The summed E-state index contributed by atoms with van der Waals surface area (Å²) in [7, 11) is -3.95. The van der Waals surface area contributed by atoms with Crippen LogP contribution in [-0.2, 0) is 26.0 Å². The van der Waals surface area contributed by atoms with E-state index in [9.17, 15) is 18.0 Å². The Labute approximate surface area is 201 Å². The van der Waals surface area contributed by atoms with E-state index in [0.717, 1.165) is 10.0 Å². The number of rotatable bonds is 9. The molecule has 1 amide bonds. The SMILES string of the molecule is CCOC(=O)c1ccc(NC(=O)[C@H](Cc2ccccc2)NS(=O)(=O)c2ccc(Br)cc2)cc1. The molecule has 1 atom stereocenters. The van der Waals surface area contributed by atoms with Crippen LogP contribution >= 0.6 is 15.9 Å². The number of sulfonamides is 1. The van der Waals surface area contributed by atoms with Gasteiger partial charge in [-0.15, -0.1) is 0 Å². The Balaban J connectivity index is 1.80. The van der Waals surface area contributed by atoms with Gasteiger partial charge in [-0.2, -0.15) is 4.72 Å². The molecular weight excluding hydrogens is 508 g/mol. The van der Waals surface area contributed by atoms with Crippen molar-refractivity contribution in [3.63, 3.8) is 0 Å². The van der Waals surface area contributed by atoms with Gasteiger partial charge in [-0.1, -0.05) is 46.3 Å². The molecule has 0 spiro atoms. The topological polar surface area (TPSA) is 102 Å². The summed E-state index contributed by atoms with van der Waals surface area (Å²) in [5.74, 6) is -0.983. The number of carbonyl (C=O) groups excluding carboxylic acids is 2. The Bertz CT molecular complexity index is 1200. The van der Waals surface area contributed by atoms with Crippen molar-refractivity contribution in [3.8, 4) is 0 Å². The number of halogens is 1. The van der Waals surface area contributed by atoms with Crippen molar-refractivity contribution in [1.82, 2.24) is 4.72 Å². The zero-order valence-electron chi connectivity index (χ0n) is 17.8. The maximum atomic E-state index is 13.1. The summed E-state index contributed by atoms with van der Waals surface area (Å²) in [6.45, 7) is 1.98. The number of hydrogen-bond donors (Lipinski definition) is 2. The lowest BCUT2D eigenvalue weighted by molar-refractivity contribution is -0.117. The van der Waals surface area contributed by atoms with Crippen LogP contribution in [0.4, 0.5) is 5.69 Å². The molecule has 3 aromatic carbocycles. The molecule has 0 unspecified atom stereocenters. The number of benzene rings is 3. The largest absolute Gasteiger partial charge is 0.462 e. The maximum Gasteiger partial charge on any atom is 0.338 e. The van der Waals surface area contributed by atoms with Crippen molar-refractivity contribution in [2.45, 2.75) is 24.3 Å². The van der Waals surface area contributed by atoms with Gasteiger partial charge < -0.3 is 10.1 Å². The normalized spacial score (nSPS) is 12.1. The van der Waals surface area contributed by atoms with Crippen molar-refractivity contribution in [1.29, 1.82) is 0 Å². The van der Waals surface area contributed by atoms with Crippen LogP contribution in [0.1, 0.15) is 22.8 Å². The zero-order valence-corrected chi connectivity index (χ0v) is 20.2. The van der Waals surface area contributed by atoms with Gasteiger partial charge in [0.2, 0.25) is 15.9 Å². The number of esters is 1. The number of carbonyl (C=O) groups is 2. The predicted molar refractivity (Wildman–Crippen MR) is 129 cm³/mol. The van der Waals surface area contributed by atoms with Crippen molar-refractivity contribution in [2.75, 3.05) is 11.9 Å². The monoisotopic (exact) mass is 530 g/mol. The molecule has 9 heteroatoms. The smallest absolute Gasteiger partial charge is 0.338 e. The number of nitrogens with one attached hydrogen (secondary N) is 2. The molecule has 0 radical (unpaired) electrons. The summed E-state index contributed by atoms with van der Waals surface area (Å²) in [5.41, 5.74) is 1.58. The standard InChI is InChI=1S/C24H23BrN2O5S/c1-2-32-24(29)18-8-12-20(13-9-18)26-23(28)22(16-17-6-4-3-5-7-17)27-33(30,31)21-14-10-19(25)11-15-21/h3-15,22,27H,2,16H2,1H3,(H,26,28)/t22-/m0/s1. The van der Waals surface area contributed by atoms with Crippen LogP contribution in [0.15, 0.2) is 88.2 Å². The van der Waals surface area contributed by atoms with Crippen LogP contribution in [-0.4, -0.2) is 32.9 Å². The summed E-state index contributed by atoms with van der Waals surface area (Å²) in [5, 5.41) is 2.72. The molecule has 0 fully saturated rings. The lowest BCUT2D eigenvalue weighted by Gasteiger charge is -2.19. The van der Waals surface area contributed by atoms with E-state index in [4.69, 9.17) is 4.74 Å². The summed E-state index contributed by atoms with van der Waals surface area (Å²) in [4.78, 5) is 24.9. The second-order valence-corrected chi connectivity index (χ2v) is 9.73. The van der Waals surface area contributed by atoms with Crippen molar-refractivity contribution >= 4 is 43.5 Å². The average molecular weight is 531 g/mol. The fourth-order valence-electron chi connectivity index (χ4n) is 3.04. The molecule has 0 saturated carbocycles. The molecule has 0 aliphatic carbocycles. The van der Waals surface area contributed by atoms with E-state index in [0.29, 0.717) is 11.3 Å². The first kappa shape index (κ1) is 24.6. The van der Waals surface area contributed by atoms with Crippen LogP contribution in [0.2, 0.25) is 0 Å². The number of anilines is 1. The fraction of sp³-hybridized carbons (Fsp3) is 0.167. The van der Waals surface area contributed by atoms with Gasteiger partial charge in [0.1, 0.15) is 6.04 Å². The number of ether oxygens (including phenoxy) is 1. The summed E-state index contributed by atoms with van der Waals surface area (Å²) in [6.07, 6.45) is 0.156. The molecule has 7 nitrogen and oxygen atoms in total. The molecule has 0 bridgehead atoms. The molecule has 2 N–H and O–H groups in total. The van der Waals surface area contributed by atoms with E-state index in [1.54, 1.807) is 31.2 Å². The van der Waals surface area contributed by atoms with E-state index in [2.05, 4.69) is 26.0 Å². The molecule has 172 valence electrons. The number of amides is 1. The van der Waals surface area contributed by atoms with E-state index >= 15 is 0 Å². The fourth-order valence-corrected chi connectivity index (χ4v) is 4.50. The average Bonchev–Trinajstić information content (AvgIpc) is 2.80. The molecule has 3 rings (SSSR count). The van der Waals surface area contributed by atoms with Crippen LogP contribution < -0.4 is 10.0 Å². The molecule has 0 saturated heterocycles. The Kier molecular flexibility index (Phi) is 8.37. The lowest BCUT2D eigenvalue weighted by atomic mass is 10.1. The zero-order chi connectivity index (χ0) is 23.8. The van der Waals surface area contributed by atoms with Gasteiger partial charge in [0.25, 0.3) is 0 Å². The summed E-state index contributed by atoms with van der Waals surface area (Å²) >= 11 is 3.28. The highest BCUT2D eigenvalue weighted by Crippen LogP contribution is 2.17. The van der Waals surface area contributed by atoms with E-state index in [1.807, 2.05) is 30.3 Å². The molecular formula is C24H23BrN2O5S. The van der Waals surface area contributed by atoms with Crippen LogP contribution in [0.5, 0.6) is 0 Å². The highest BCUT2D eigenvalue weighted by Gasteiger charge is 2.26. The molecule has 3 aromatic rings. The molecule has 0 aromatic heterocycles. The molecule has 0 aliphatic rings. The Morgan fingerprint density at radius 2 is 1.58 bits per heavy atom.